The summed E-state index contributed by atoms with van der Waals surface area (Å²) in [7, 11) is 0. The summed E-state index contributed by atoms with van der Waals surface area (Å²) < 4.78 is 10.2. The zero-order chi connectivity index (χ0) is 16.8. The van der Waals surface area contributed by atoms with E-state index in [4.69, 9.17) is 32.7 Å². The van der Waals surface area contributed by atoms with Gasteiger partial charge in [0.05, 0.1) is 0 Å². The molecule has 2 rings (SSSR count). The highest BCUT2D eigenvalue weighted by atomic mass is 35.5. The first-order valence-electron chi connectivity index (χ1n) is 6.79. The Hall–Kier alpha value is -2.04. The molecule has 0 unspecified atom stereocenters. The fourth-order valence-corrected chi connectivity index (χ4v) is 2.17. The molecule has 0 amide bonds. The number of benzene rings is 2. The van der Waals surface area contributed by atoms with Crippen molar-refractivity contribution in [1.29, 1.82) is 0 Å². The van der Waals surface area contributed by atoms with Crippen LogP contribution < -0.4 is 4.74 Å². The first-order valence-corrected chi connectivity index (χ1v) is 7.54. The van der Waals surface area contributed by atoms with Gasteiger partial charge in [-0.2, -0.15) is 0 Å². The summed E-state index contributed by atoms with van der Waals surface area (Å²) in [5, 5.41) is 1.12. The van der Waals surface area contributed by atoms with Crippen LogP contribution in [0.4, 0.5) is 0 Å². The van der Waals surface area contributed by atoms with Crippen molar-refractivity contribution in [2.45, 2.75) is 6.92 Å². The Balaban J connectivity index is 1.81. The average Bonchev–Trinajstić information content (AvgIpc) is 2.52. The van der Waals surface area contributed by atoms with Gasteiger partial charge in [-0.1, -0.05) is 23.2 Å². The van der Waals surface area contributed by atoms with E-state index in [-0.39, 0.29) is 19.0 Å². The summed E-state index contributed by atoms with van der Waals surface area (Å²) in [4.78, 5) is 23.5. The average molecular weight is 353 g/mol. The maximum atomic E-state index is 11.9. The molecule has 0 heterocycles. The predicted molar refractivity (Wildman–Crippen MR) is 88.4 cm³/mol. The van der Waals surface area contributed by atoms with E-state index in [1.807, 2.05) is 6.92 Å². The van der Waals surface area contributed by atoms with Crippen LogP contribution in [0.15, 0.2) is 42.5 Å². The van der Waals surface area contributed by atoms with Gasteiger partial charge in [0.15, 0.2) is 19.0 Å². The Bertz CT molecular complexity index is 711. The minimum Gasteiger partial charge on any atom is -0.482 e. The monoisotopic (exact) mass is 352 g/mol. The summed E-state index contributed by atoms with van der Waals surface area (Å²) in [6.07, 6.45) is 0. The molecule has 120 valence electrons. The van der Waals surface area contributed by atoms with Crippen LogP contribution in [0.2, 0.25) is 10.0 Å². The molecule has 0 saturated heterocycles. The molecule has 2 aromatic rings. The van der Waals surface area contributed by atoms with Crippen molar-refractivity contribution in [3.8, 4) is 5.75 Å². The van der Waals surface area contributed by atoms with Crippen LogP contribution in [-0.4, -0.2) is 25.0 Å². The minimum absolute atomic E-state index is 0.281. The number of halogens is 2. The minimum atomic E-state index is -0.623. The van der Waals surface area contributed by atoms with E-state index >= 15 is 0 Å². The number of hydrogen-bond acceptors (Lipinski definition) is 4. The lowest BCUT2D eigenvalue weighted by Gasteiger charge is -2.09. The summed E-state index contributed by atoms with van der Waals surface area (Å²) >= 11 is 11.6. The van der Waals surface area contributed by atoms with Crippen molar-refractivity contribution < 1.29 is 19.1 Å². The van der Waals surface area contributed by atoms with Gasteiger partial charge in [0, 0.05) is 15.6 Å². The molecule has 0 radical (unpaired) electrons. The van der Waals surface area contributed by atoms with E-state index in [2.05, 4.69) is 0 Å². The maximum absolute atomic E-state index is 11.9. The molecule has 0 atom stereocenters. The molecule has 0 aliphatic carbocycles. The van der Waals surface area contributed by atoms with Gasteiger partial charge in [-0.25, -0.2) is 4.79 Å². The van der Waals surface area contributed by atoms with Crippen molar-refractivity contribution in [1.82, 2.24) is 0 Å². The van der Waals surface area contributed by atoms with Crippen molar-refractivity contribution in [3.05, 3.63) is 63.6 Å². The quantitative estimate of drug-likeness (QED) is 0.579. The first kappa shape index (κ1) is 17.3. The molecule has 0 aliphatic heterocycles. The Kier molecular flexibility index (Phi) is 6.02. The lowest BCUT2D eigenvalue weighted by atomic mass is 10.1. The highest BCUT2D eigenvalue weighted by Crippen LogP contribution is 2.21. The number of rotatable bonds is 6. The van der Waals surface area contributed by atoms with Gasteiger partial charge in [0.2, 0.25) is 0 Å². The second-order valence-electron chi connectivity index (χ2n) is 4.79. The molecule has 0 fully saturated rings. The number of ether oxygens (including phenoxy) is 2. The van der Waals surface area contributed by atoms with Gasteiger partial charge in [0.25, 0.3) is 0 Å². The highest BCUT2D eigenvalue weighted by Gasteiger charge is 2.11. The number of Topliss-reactive ketones (excluding diaryl/α,β-unsaturated/α-hetero) is 1. The molecule has 6 heteroatoms. The van der Waals surface area contributed by atoms with E-state index < -0.39 is 5.97 Å². The van der Waals surface area contributed by atoms with Crippen LogP contribution in [-0.2, 0) is 9.53 Å². The second kappa shape index (κ2) is 7.99. The number of carbonyl (C=O) groups is 2. The Labute approximate surface area is 143 Å². The Morgan fingerprint density at radius 2 is 1.61 bits per heavy atom. The molecular formula is C17H14Cl2O4. The lowest BCUT2D eigenvalue weighted by molar-refractivity contribution is -0.144. The fourth-order valence-electron chi connectivity index (χ4n) is 1.82. The largest absolute Gasteiger partial charge is 0.482 e. The standard InChI is InChI=1S/C17H14Cl2O4/c1-11-8-14(19)6-7-16(11)22-10-17(21)23-9-15(20)12-2-4-13(18)5-3-12/h2-8H,9-10H2,1H3. The maximum Gasteiger partial charge on any atom is 0.344 e. The smallest absolute Gasteiger partial charge is 0.344 e. The van der Waals surface area contributed by atoms with Crippen LogP contribution >= 0.6 is 23.2 Å². The topological polar surface area (TPSA) is 52.6 Å². The van der Waals surface area contributed by atoms with Crippen LogP contribution in [0.3, 0.4) is 0 Å². The normalized spacial score (nSPS) is 10.2. The lowest BCUT2D eigenvalue weighted by Crippen LogP contribution is -2.19. The van der Waals surface area contributed by atoms with Crippen LogP contribution in [0.5, 0.6) is 5.75 Å². The molecule has 4 nitrogen and oxygen atoms in total. The van der Waals surface area contributed by atoms with Crippen molar-refractivity contribution in [2.75, 3.05) is 13.2 Å². The van der Waals surface area contributed by atoms with Crippen LogP contribution in [0.1, 0.15) is 15.9 Å². The fraction of sp³-hybridized carbons (Fsp3) is 0.176. The van der Waals surface area contributed by atoms with Crippen molar-refractivity contribution in [2.24, 2.45) is 0 Å². The molecule has 23 heavy (non-hydrogen) atoms. The number of esters is 1. The van der Waals surface area contributed by atoms with Crippen LogP contribution in [0, 0.1) is 6.92 Å². The third-order valence-corrected chi connectivity index (χ3v) is 3.50. The van der Waals surface area contributed by atoms with Gasteiger partial charge < -0.3 is 9.47 Å². The molecule has 0 aromatic heterocycles. The second-order valence-corrected chi connectivity index (χ2v) is 5.66. The molecule has 0 N–H and O–H groups in total. The Morgan fingerprint density at radius 1 is 0.957 bits per heavy atom. The van der Waals surface area contributed by atoms with Gasteiger partial charge >= 0.3 is 5.97 Å². The van der Waals surface area contributed by atoms with Gasteiger partial charge in [-0.15, -0.1) is 0 Å². The number of carbonyl (C=O) groups excluding carboxylic acids is 2. The number of ketones is 1. The molecular weight excluding hydrogens is 339 g/mol. The van der Waals surface area contributed by atoms with E-state index in [0.29, 0.717) is 21.4 Å². The third kappa shape index (κ3) is 5.27. The van der Waals surface area contributed by atoms with Gasteiger partial charge in [-0.3, -0.25) is 4.79 Å². The van der Waals surface area contributed by atoms with Crippen molar-refractivity contribution in [3.63, 3.8) is 0 Å². The highest BCUT2D eigenvalue weighted by molar-refractivity contribution is 6.31. The summed E-state index contributed by atoms with van der Waals surface area (Å²) in [6, 6.07) is 11.4. The molecule has 0 aliphatic rings. The summed E-state index contributed by atoms with van der Waals surface area (Å²) in [5.41, 5.74) is 1.24. The van der Waals surface area contributed by atoms with E-state index in [1.54, 1.807) is 42.5 Å². The van der Waals surface area contributed by atoms with Crippen molar-refractivity contribution >= 4 is 35.0 Å². The van der Waals surface area contributed by atoms with E-state index in [1.165, 1.54) is 0 Å². The third-order valence-electron chi connectivity index (χ3n) is 3.01. The number of hydrogen-bond donors (Lipinski definition) is 0. The van der Waals surface area contributed by atoms with Crippen LogP contribution in [0.25, 0.3) is 0 Å². The summed E-state index contributed by atoms with van der Waals surface area (Å²) in [5.74, 6) is -0.394. The van der Waals surface area contributed by atoms with E-state index in [9.17, 15) is 9.59 Å². The number of aryl methyl sites for hydroxylation is 1. The Morgan fingerprint density at radius 3 is 2.26 bits per heavy atom. The molecule has 0 bridgehead atoms. The van der Waals surface area contributed by atoms with Gasteiger partial charge in [-0.05, 0) is 55.0 Å². The van der Waals surface area contributed by atoms with Gasteiger partial charge in [0.1, 0.15) is 5.75 Å². The SMILES string of the molecule is Cc1cc(Cl)ccc1OCC(=O)OCC(=O)c1ccc(Cl)cc1. The zero-order valence-corrected chi connectivity index (χ0v) is 13.9. The molecule has 2 aromatic carbocycles. The summed E-state index contributed by atoms with van der Waals surface area (Å²) in [6.45, 7) is 1.19. The zero-order valence-electron chi connectivity index (χ0n) is 12.3. The first-order chi connectivity index (χ1) is 11.0. The predicted octanol–water partition coefficient (Wildman–Crippen LogP) is 4.11. The van der Waals surface area contributed by atoms with E-state index in [0.717, 1.165) is 5.56 Å². The molecule has 0 saturated carbocycles. The molecule has 0 spiro atoms.